The van der Waals surface area contributed by atoms with E-state index in [1.54, 1.807) is 0 Å². The first-order valence-electron chi connectivity index (χ1n) is 25.4. The lowest BCUT2D eigenvalue weighted by molar-refractivity contribution is -0.167. The van der Waals surface area contributed by atoms with Crippen LogP contribution < -0.4 is 0 Å². The predicted octanol–water partition coefficient (Wildman–Crippen LogP) is 16.3. The third-order valence-electron chi connectivity index (χ3n) is 11.9. The number of carbonyl (C=O) groups is 3. The summed E-state index contributed by atoms with van der Waals surface area (Å²) in [6.07, 6.45) is 46.6. The Hall–Kier alpha value is -1.59. The molecule has 0 amide bonds. The van der Waals surface area contributed by atoms with E-state index in [0.29, 0.717) is 19.3 Å². The molecule has 1 unspecified atom stereocenters. The van der Waals surface area contributed by atoms with Gasteiger partial charge in [-0.15, -0.1) is 0 Å². The van der Waals surface area contributed by atoms with Crippen LogP contribution in [0.3, 0.4) is 0 Å². The molecule has 0 aromatic heterocycles. The Morgan fingerprint density at radius 3 is 0.912 bits per heavy atom. The predicted molar refractivity (Wildman–Crippen MR) is 243 cm³/mol. The molecule has 0 aromatic carbocycles. The van der Waals surface area contributed by atoms with Crippen molar-refractivity contribution < 1.29 is 28.6 Å². The highest BCUT2D eigenvalue weighted by atomic mass is 16.6. The number of unbranched alkanes of at least 4 members (excludes halogenated alkanes) is 32. The SMILES string of the molecule is CCCCCCCCCCCCCCCCCCCCC(=O)O[C@@H](COC(=O)CCCCCCCCCCC)COC(=O)CCCCCCCCCCC(C)CC. The van der Waals surface area contributed by atoms with E-state index in [1.165, 1.54) is 180 Å². The summed E-state index contributed by atoms with van der Waals surface area (Å²) in [7, 11) is 0. The van der Waals surface area contributed by atoms with E-state index in [-0.39, 0.29) is 31.1 Å². The lowest BCUT2D eigenvalue weighted by Gasteiger charge is -2.18. The molecule has 6 nitrogen and oxygen atoms in total. The van der Waals surface area contributed by atoms with Gasteiger partial charge in [-0.2, -0.15) is 0 Å². The monoisotopic (exact) mass is 807 g/mol. The van der Waals surface area contributed by atoms with E-state index in [2.05, 4.69) is 27.7 Å². The number of hydrogen-bond acceptors (Lipinski definition) is 6. The van der Waals surface area contributed by atoms with Crippen LogP contribution in [0.4, 0.5) is 0 Å². The van der Waals surface area contributed by atoms with E-state index in [9.17, 15) is 14.4 Å². The lowest BCUT2D eigenvalue weighted by Crippen LogP contribution is -2.30. The summed E-state index contributed by atoms with van der Waals surface area (Å²) in [6.45, 7) is 9.01. The first-order chi connectivity index (χ1) is 27.9. The second kappa shape index (κ2) is 45.5. The standard InChI is InChI=1S/C51H98O6/c1-5-8-10-12-14-16-17-18-19-20-21-22-23-24-26-32-36-40-44-51(54)57-48(45-55-49(52)42-38-34-30-25-15-13-11-9-6-2)46-56-50(53)43-39-35-31-28-27-29-33-37-41-47(4)7-3/h47-48H,5-46H2,1-4H3/t47?,48-/m0/s1. The van der Waals surface area contributed by atoms with Gasteiger partial charge in [0.15, 0.2) is 6.10 Å². The highest BCUT2D eigenvalue weighted by Gasteiger charge is 2.19. The minimum atomic E-state index is -0.760. The molecule has 338 valence electrons. The molecule has 0 rings (SSSR count). The van der Waals surface area contributed by atoms with E-state index < -0.39 is 6.10 Å². The van der Waals surface area contributed by atoms with Crippen molar-refractivity contribution in [3.05, 3.63) is 0 Å². The maximum atomic E-state index is 12.8. The Balaban J connectivity index is 4.25. The Bertz CT molecular complexity index is 859. The highest BCUT2D eigenvalue weighted by Crippen LogP contribution is 2.17. The molecular formula is C51H98O6. The van der Waals surface area contributed by atoms with Crippen molar-refractivity contribution in [3.63, 3.8) is 0 Å². The minimum Gasteiger partial charge on any atom is -0.462 e. The van der Waals surface area contributed by atoms with Crippen LogP contribution in [0.1, 0.15) is 285 Å². The molecule has 0 N–H and O–H groups in total. The number of rotatable bonds is 46. The van der Waals surface area contributed by atoms with Gasteiger partial charge in [-0.05, 0) is 25.2 Å². The molecule has 2 atom stereocenters. The number of ether oxygens (including phenoxy) is 3. The van der Waals surface area contributed by atoms with Gasteiger partial charge < -0.3 is 14.2 Å². The summed E-state index contributed by atoms with van der Waals surface area (Å²) in [5.41, 5.74) is 0. The zero-order chi connectivity index (χ0) is 41.7. The van der Waals surface area contributed by atoms with Crippen molar-refractivity contribution in [2.24, 2.45) is 5.92 Å². The average molecular weight is 807 g/mol. The molecule has 57 heavy (non-hydrogen) atoms. The van der Waals surface area contributed by atoms with Crippen molar-refractivity contribution in [2.75, 3.05) is 13.2 Å². The molecule has 0 heterocycles. The molecule has 0 aliphatic carbocycles. The smallest absolute Gasteiger partial charge is 0.306 e. The Labute approximate surface area is 355 Å². The van der Waals surface area contributed by atoms with Crippen LogP contribution in [0.2, 0.25) is 0 Å². The summed E-state index contributed by atoms with van der Waals surface area (Å²) in [5, 5.41) is 0. The van der Waals surface area contributed by atoms with Crippen LogP contribution in [0.15, 0.2) is 0 Å². The largest absolute Gasteiger partial charge is 0.462 e. The summed E-state index contributed by atoms with van der Waals surface area (Å²) >= 11 is 0. The van der Waals surface area contributed by atoms with E-state index in [1.807, 2.05) is 0 Å². The fourth-order valence-corrected chi connectivity index (χ4v) is 7.66. The Kier molecular flexibility index (Phi) is 44.2. The van der Waals surface area contributed by atoms with Crippen molar-refractivity contribution in [3.8, 4) is 0 Å². The van der Waals surface area contributed by atoms with Gasteiger partial charge >= 0.3 is 17.9 Å². The van der Waals surface area contributed by atoms with Crippen molar-refractivity contribution in [1.29, 1.82) is 0 Å². The minimum absolute atomic E-state index is 0.0637. The fourth-order valence-electron chi connectivity index (χ4n) is 7.66. The van der Waals surface area contributed by atoms with Crippen molar-refractivity contribution in [2.45, 2.75) is 291 Å². The van der Waals surface area contributed by atoms with Gasteiger partial charge in [0.1, 0.15) is 13.2 Å². The Morgan fingerprint density at radius 1 is 0.351 bits per heavy atom. The topological polar surface area (TPSA) is 78.9 Å². The van der Waals surface area contributed by atoms with Gasteiger partial charge in [0.05, 0.1) is 0 Å². The zero-order valence-corrected chi connectivity index (χ0v) is 38.8. The fraction of sp³-hybridized carbons (Fsp3) is 0.941. The molecule has 0 fully saturated rings. The van der Waals surface area contributed by atoms with Gasteiger partial charge in [0.25, 0.3) is 0 Å². The first-order valence-corrected chi connectivity index (χ1v) is 25.4. The van der Waals surface area contributed by atoms with Crippen molar-refractivity contribution in [1.82, 2.24) is 0 Å². The first kappa shape index (κ1) is 55.4. The van der Waals surface area contributed by atoms with Crippen LogP contribution >= 0.6 is 0 Å². The molecule has 0 spiro atoms. The van der Waals surface area contributed by atoms with Gasteiger partial charge in [0.2, 0.25) is 0 Å². The van der Waals surface area contributed by atoms with Crippen LogP contribution in [0, 0.1) is 5.92 Å². The summed E-state index contributed by atoms with van der Waals surface area (Å²) in [5.74, 6) is -0.00265. The number of carbonyl (C=O) groups excluding carboxylic acids is 3. The normalized spacial score (nSPS) is 12.4. The molecule has 6 heteroatoms. The molecule has 0 saturated heterocycles. The highest BCUT2D eigenvalue weighted by molar-refractivity contribution is 5.71. The molecule has 0 aromatic rings. The van der Waals surface area contributed by atoms with Gasteiger partial charge in [-0.25, -0.2) is 0 Å². The second-order valence-corrected chi connectivity index (χ2v) is 17.7. The molecule has 0 radical (unpaired) electrons. The average Bonchev–Trinajstić information content (AvgIpc) is 3.21. The van der Waals surface area contributed by atoms with Crippen LogP contribution in [0.5, 0.6) is 0 Å². The van der Waals surface area contributed by atoms with E-state index >= 15 is 0 Å². The summed E-state index contributed by atoms with van der Waals surface area (Å²) in [4.78, 5) is 37.8. The quantitative estimate of drug-likeness (QED) is 0.0346. The van der Waals surface area contributed by atoms with Crippen molar-refractivity contribution >= 4 is 17.9 Å². The third kappa shape index (κ3) is 43.8. The molecule has 0 bridgehead atoms. The number of hydrogen-bond donors (Lipinski definition) is 0. The summed E-state index contributed by atoms with van der Waals surface area (Å²) in [6, 6.07) is 0. The molecule has 0 saturated carbocycles. The van der Waals surface area contributed by atoms with Gasteiger partial charge in [0, 0.05) is 19.3 Å². The number of esters is 3. The maximum absolute atomic E-state index is 12.8. The van der Waals surface area contributed by atoms with Crippen LogP contribution in [0.25, 0.3) is 0 Å². The summed E-state index contributed by atoms with van der Waals surface area (Å²) < 4.78 is 16.8. The second-order valence-electron chi connectivity index (χ2n) is 17.7. The molecule has 0 aliphatic heterocycles. The molecular weight excluding hydrogens is 709 g/mol. The lowest BCUT2D eigenvalue weighted by atomic mass is 9.99. The van der Waals surface area contributed by atoms with Crippen LogP contribution in [-0.2, 0) is 28.6 Å². The third-order valence-corrected chi connectivity index (χ3v) is 11.9. The van der Waals surface area contributed by atoms with E-state index in [0.717, 1.165) is 63.7 Å². The van der Waals surface area contributed by atoms with Crippen LogP contribution in [-0.4, -0.2) is 37.2 Å². The Morgan fingerprint density at radius 2 is 0.614 bits per heavy atom. The van der Waals surface area contributed by atoms with Gasteiger partial charge in [-0.3, -0.25) is 14.4 Å². The zero-order valence-electron chi connectivity index (χ0n) is 38.8. The maximum Gasteiger partial charge on any atom is 0.306 e. The van der Waals surface area contributed by atoms with E-state index in [4.69, 9.17) is 14.2 Å². The van der Waals surface area contributed by atoms with Gasteiger partial charge in [-0.1, -0.05) is 246 Å². The molecule has 0 aliphatic rings.